The molecule has 0 aromatic heterocycles. The van der Waals surface area contributed by atoms with Gasteiger partial charge in [0.1, 0.15) is 0 Å². The smallest absolute Gasteiger partial charge is 0.0236 e. The van der Waals surface area contributed by atoms with Gasteiger partial charge < -0.3 is 0 Å². The lowest BCUT2D eigenvalue weighted by Crippen LogP contribution is -2.14. The Labute approximate surface area is 71.7 Å². The van der Waals surface area contributed by atoms with Gasteiger partial charge in [-0.25, -0.2) is 0 Å². The third kappa shape index (κ3) is 3.60. The number of allylic oxidation sites excluding steroid dienone is 1. The molecule has 0 saturated carbocycles. The summed E-state index contributed by atoms with van der Waals surface area (Å²) >= 11 is 0. The molecule has 0 bridgehead atoms. The predicted molar refractivity (Wildman–Crippen MR) is 52.6 cm³/mol. The first kappa shape index (κ1) is 10.7. The van der Waals surface area contributed by atoms with Crippen molar-refractivity contribution in [3.8, 4) is 0 Å². The van der Waals surface area contributed by atoms with E-state index >= 15 is 0 Å². The Morgan fingerprint density at radius 1 is 1.27 bits per heavy atom. The second kappa shape index (κ2) is 5.40. The maximum atomic E-state index is 3.82. The first-order valence-corrected chi connectivity index (χ1v) is 4.76. The molecule has 0 aliphatic rings. The van der Waals surface area contributed by atoms with Crippen LogP contribution in [0.1, 0.15) is 40.5 Å². The van der Waals surface area contributed by atoms with E-state index in [0.717, 1.165) is 11.8 Å². The maximum absolute atomic E-state index is 3.82. The fourth-order valence-corrected chi connectivity index (χ4v) is 1.45. The van der Waals surface area contributed by atoms with E-state index in [1.807, 2.05) is 0 Å². The van der Waals surface area contributed by atoms with Crippen molar-refractivity contribution in [3.63, 3.8) is 0 Å². The van der Waals surface area contributed by atoms with Gasteiger partial charge in [-0.2, -0.15) is 0 Å². The Kier molecular flexibility index (Phi) is 5.27. The monoisotopic (exact) mass is 154 g/mol. The number of rotatable bonds is 5. The van der Waals surface area contributed by atoms with Crippen molar-refractivity contribution in [2.75, 3.05) is 0 Å². The van der Waals surface area contributed by atoms with Crippen molar-refractivity contribution in [2.24, 2.45) is 17.8 Å². The van der Waals surface area contributed by atoms with Crippen molar-refractivity contribution in [1.82, 2.24) is 0 Å². The van der Waals surface area contributed by atoms with Crippen LogP contribution < -0.4 is 0 Å². The third-order valence-corrected chi connectivity index (χ3v) is 2.84. The highest BCUT2D eigenvalue weighted by atomic mass is 14.2. The summed E-state index contributed by atoms with van der Waals surface area (Å²) in [7, 11) is 0. The van der Waals surface area contributed by atoms with Crippen LogP contribution in [-0.4, -0.2) is 0 Å². The van der Waals surface area contributed by atoms with E-state index in [0.29, 0.717) is 5.92 Å². The maximum Gasteiger partial charge on any atom is -0.0236 e. The molecule has 0 N–H and O–H groups in total. The minimum atomic E-state index is 0.663. The molecule has 0 rings (SSSR count). The Morgan fingerprint density at radius 3 is 2.18 bits per heavy atom. The van der Waals surface area contributed by atoms with Gasteiger partial charge in [0.05, 0.1) is 0 Å². The fraction of sp³-hybridized carbons (Fsp3) is 0.818. The minimum absolute atomic E-state index is 0.663. The van der Waals surface area contributed by atoms with Crippen LogP contribution >= 0.6 is 0 Å². The molecule has 0 spiro atoms. The second-order valence-corrected chi connectivity index (χ2v) is 3.72. The molecule has 0 fully saturated rings. The van der Waals surface area contributed by atoms with Crippen LogP contribution in [0.15, 0.2) is 12.7 Å². The minimum Gasteiger partial charge on any atom is -0.103 e. The van der Waals surface area contributed by atoms with Gasteiger partial charge in [0.25, 0.3) is 0 Å². The summed E-state index contributed by atoms with van der Waals surface area (Å²) in [5.74, 6) is 2.29. The van der Waals surface area contributed by atoms with E-state index in [4.69, 9.17) is 0 Å². The summed E-state index contributed by atoms with van der Waals surface area (Å²) < 4.78 is 0. The second-order valence-electron chi connectivity index (χ2n) is 3.72. The first-order chi connectivity index (χ1) is 5.13. The molecular formula is C11H22. The largest absolute Gasteiger partial charge is 0.103 e. The highest BCUT2D eigenvalue weighted by molar-refractivity contribution is 4.81. The van der Waals surface area contributed by atoms with Crippen molar-refractivity contribution in [1.29, 1.82) is 0 Å². The van der Waals surface area contributed by atoms with E-state index in [1.54, 1.807) is 0 Å². The van der Waals surface area contributed by atoms with Crippen molar-refractivity contribution in [2.45, 2.75) is 40.5 Å². The molecule has 0 aromatic carbocycles. The van der Waals surface area contributed by atoms with Gasteiger partial charge in [0.15, 0.2) is 0 Å². The summed E-state index contributed by atoms with van der Waals surface area (Å²) in [4.78, 5) is 0. The zero-order valence-electron chi connectivity index (χ0n) is 8.43. The van der Waals surface area contributed by atoms with Gasteiger partial charge in [0.2, 0.25) is 0 Å². The van der Waals surface area contributed by atoms with Crippen LogP contribution in [0.2, 0.25) is 0 Å². The Hall–Kier alpha value is -0.260. The van der Waals surface area contributed by atoms with Gasteiger partial charge >= 0.3 is 0 Å². The van der Waals surface area contributed by atoms with Crippen LogP contribution in [0.25, 0.3) is 0 Å². The lowest BCUT2D eigenvalue weighted by molar-refractivity contribution is 0.302. The summed E-state index contributed by atoms with van der Waals surface area (Å²) in [6.07, 6.45) is 4.71. The Balaban J connectivity index is 3.79. The number of hydrogen-bond acceptors (Lipinski definition) is 0. The standard InChI is InChI=1S/C11H22/c1-6-8-10(4)11(5)9(3)7-2/h7,9-11H,2,6,8H2,1,3-5H3/t9-,10-,11+/m0/s1. The van der Waals surface area contributed by atoms with Crippen LogP contribution in [0.3, 0.4) is 0 Å². The summed E-state index contributed by atoms with van der Waals surface area (Å²) in [6, 6.07) is 0. The van der Waals surface area contributed by atoms with E-state index in [9.17, 15) is 0 Å². The molecule has 0 aliphatic carbocycles. The number of hydrogen-bond donors (Lipinski definition) is 0. The fourth-order valence-electron chi connectivity index (χ4n) is 1.45. The van der Waals surface area contributed by atoms with Crippen LogP contribution in [0.4, 0.5) is 0 Å². The quantitative estimate of drug-likeness (QED) is 0.527. The zero-order valence-corrected chi connectivity index (χ0v) is 8.43. The summed E-state index contributed by atoms with van der Waals surface area (Å²) in [5.41, 5.74) is 0. The lowest BCUT2D eigenvalue weighted by atomic mass is 9.83. The topological polar surface area (TPSA) is 0 Å². The third-order valence-electron chi connectivity index (χ3n) is 2.84. The molecule has 0 aliphatic heterocycles. The highest BCUT2D eigenvalue weighted by Crippen LogP contribution is 2.24. The predicted octanol–water partition coefficient (Wildman–Crippen LogP) is 3.88. The van der Waals surface area contributed by atoms with Crippen molar-refractivity contribution in [3.05, 3.63) is 12.7 Å². The molecule has 0 radical (unpaired) electrons. The van der Waals surface area contributed by atoms with Gasteiger partial charge in [-0.3, -0.25) is 0 Å². The molecule has 0 amide bonds. The SMILES string of the molecule is C=C[C@H](C)[C@@H](C)[C@@H](C)CCC. The van der Waals surface area contributed by atoms with Crippen LogP contribution in [0, 0.1) is 17.8 Å². The Bertz CT molecular complexity index is 105. The molecule has 11 heavy (non-hydrogen) atoms. The lowest BCUT2D eigenvalue weighted by Gasteiger charge is -2.23. The average Bonchev–Trinajstić information content (AvgIpc) is 2.02. The highest BCUT2D eigenvalue weighted by Gasteiger charge is 2.15. The van der Waals surface area contributed by atoms with E-state index in [1.165, 1.54) is 12.8 Å². The first-order valence-electron chi connectivity index (χ1n) is 4.76. The molecule has 0 saturated heterocycles. The van der Waals surface area contributed by atoms with Crippen molar-refractivity contribution < 1.29 is 0 Å². The molecule has 3 atom stereocenters. The molecule has 0 aromatic rings. The van der Waals surface area contributed by atoms with Gasteiger partial charge in [-0.15, -0.1) is 6.58 Å². The molecule has 0 nitrogen and oxygen atoms in total. The summed E-state index contributed by atoms with van der Waals surface area (Å²) in [6.45, 7) is 13.0. The molecule has 0 heteroatoms. The van der Waals surface area contributed by atoms with Crippen LogP contribution in [-0.2, 0) is 0 Å². The van der Waals surface area contributed by atoms with Gasteiger partial charge in [0, 0.05) is 0 Å². The molecule has 66 valence electrons. The van der Waals surface area contributed by atoms with E-state index in [-0.39, 0.29) is 0 Å². The van der Waals surface area contributed by atoms with E-state index < -0.39 is 0 Å². The normalized spacial score (nSPS) is 18.9. The Morgan fingerprint density at radius 2 is 1.82 bits per heavy atom. The van der Waals surface area contributed by atoms with Gasteiger partial charge in [-0.05, 0) is 17.8 Å². The van der Waals surface area contributed by atoms with Gasteiger partial charge in [-0.1, -0.05) is 46.6 Å². The van der Waals surface area contributed by atoms with Crippen LogP contribution in [0.5, 0.6) is 0 Å². The molecule has 0 heterocycles. The average molecular weight is 154 g/mol. The molecular weight excluding hydrogens is 132 g/mol. The molecule has 0 unspecified atom stereocenters. The summed E-state index contributed by atoms with van der Waals surface area (Å²) in [5, 5.41) is 0. The van der Waals surface area contributed by atoms with E-state index in [2.05, 4.69) is 40.3 Å². The van der Waals surface area contributed by atoms with Crippen molar-refractivity contribution >= 4 is 0 Å². The zero-order chi connectivity index (χ0) is 8.85.